The van der Waals surface area contributed by atoms with Crippen LogP contribution >= 0.6 is 11.8 Å². The van der Waals surface area contributed by atoms with E-state index < -0.39 is 11.6 Å². The Bertz CT molecular complexity index is 638. The molecule has 110 valence electrons. The van der Waals surface area contributed by atoms with Crippen LogP contribution in [0.5, 0.6) is 0 Å². The topological polar surface area (TPSA) is 17.1 Å². The van der Waals surface area contributed by atoms with Gasteiger partial charge in [-0.05, 0) is 37.1 Å². The molecule has 1 nitrogen and oxygen atoms in total. The monoisotopic (exact) mass is 306 g/mol. The van der Waals surface area contributed by atoms with E-state index in [1.165, 1.54) is 23.4 Å². The van der Waals surface area contributed by atoms with E-state index >= 15 is 0 Å². The van der Waals surface area contributed by atoms with Crippen molar-refractivity contribution in [1.82, 2.24) is 0 Å². The Labute approximate surface area is 127 Å². The zero-order valence-corrected chi connectivity index (χ0v) is 12.7. The molecule has 0 amide bonds. The normalized spacial score (nSPS) is 12.2. The number of Topliss-reactive ketones (excluding diaryl/α,β-unsaturated/α-hetero) is 1. The minimum Gasteiger partial charge on any atom is -0.293 e. The molecule has 2 aromatic rings. The summed E-state index contributed by atoms with van der Waals surface area (Å²) in [5, 5.41) is -0.359. The van der Waals surface area contributed by atoms with Gasteiger partial charge in [0.15, 0.2) is 17.4 Å². The van der Waals surface area contributed by atoms with Crippen molar-refractivity contribution in [3.8, 4) is 0 Å². The number of halogens is 2. The van der Waals surface area contributed by atoms with E-state index in [1.807, 2.05) is 24.3 Å². The quantitative estimate of drug-likeness (QED) is 0.578. The third-order valence-electron chi connectivity index (χ3n) is 3.22. The van der Waals surface area contributed by atoms with Crippen LogP contribution in [-0.4, -0.2) is 11.0 Å². The maximum atomic E-state index is 13.2. The van der Waals surface area contributed by atoms with Gasteiger partial charge in [-0.3, -0.25) is 4.79 Å². The lowest BCUT2D eigenvalue weighted by atomic mass is 10.1. The van der Waals surface area contributed by atoms with Crippen molar-refractivity contribution >= 4 is 17.5 Å². The first-order chi connectivity index (χ1) is 10.0. The van der Waals surface area contributed by atoms with Crippen LogP contribution in [0.2, 0.25) is 0 Å². The Morgan fingerprint density at radius 1 is 1.10 bits per heavy atom. The lowest BCUT2D eigenvalue weighted by Crippen LogP contribution is -2.13. The maximum absolute atomic E-state index is 13.2. The maximum Gasteiger partial charge on any atom is 0.175 e. The van der Waals surface area contributed by atoms with Crippen LogP contribution in [0.4, 0.5) is 8.78 Å². The highest BCUT2D eigenvalue weighted by atomic mass is 32.2. The predicted molar refractivity (Wildman–Crippen MR) is 81.8 cm³/mol. The molecule has 0 saturated heterocycles. The molecule has 0 heterocycles. The number of carbonyl (C=O) groups is 1. The van der Waals surface area contributed by atoms with Crippen molar-refractivity contribution in [3.05, 3.63) is 65.2 Å². The van der Waals surface area contributed by atoms with Gasteiger partial charge in [0.25, 0.3) is 0 Å². The van der Waals surface area contributed by atoms with E-state index in [2.05, 4.69) is 6.92 Å². The largest absolute Gasteiger partial charge is 0.293 e. The summed E-state index contributed by atoms with van der Waals surface area (Å²) in [7, 11) is 0. The molecule has 0 fully saturated rings. The highest BCUT2D eigenvalue weighted by Gasteiger charge is 2.17. The van der Waals surface area contributed by atoms with Crippen molar-refractivity contribution in [1.29, 1.82) is 0 Å². The van der Waals surface area contributed by atoms with Gasteiger partial charge >= 0.3 is 0 Å². The molecule has 21 heavy (non-hydrogen) atoms. The Morgan fingerprint density at radius 2 is 1.76 bits per heavy atom. The molecule has 0 bridgehead atoms. The first-order valence-corrected chi connectivity index (χ1v) is 7.64. The van der Waals surface area contributed by atoms with E-state index in [0.29, 0.717) is 10.5 Å². The van der Waals surface area contributed by atoms with Crippen LogP contribution in [-0.2, 0) is 6.42 Å². The molecule has 0 saturated carbocycles. The van der Waals surface area contributed by atoms with E-state index in [4.69, 9.17) is 0 Å². The summed E-state index contributed by atoms with van der Waals surface area (Å²) < 4.78 is 26.0. The average Bonchev–Trinajstić information content (AvgIpc) is 2.50. The second-order valence-corrected chi connectivity index (χ2v) is 6.16. The van der Waals surface area contributed by atoms with Gasteiger partial charge in [-0.1, -0.05) is 31.2 Å². The van der Waals surface area contributed by atoms with Gasteiger partial charge in [0.05, 0.1) is 5.25 Å². The third kappa shape index (κ3) is 3.91. The number of benzene rings is 2. The molecular formula is C17H16F2OS. The number of aryl methyl sites for hydroxylation is 1. The van der Waals surface area contributed by atoms with Gasteiger partial charge < -0.3 is 0 Å². The molecule has 0 N–H and O–H groups in total. The molecule has 0 spiro atoms. The Morgan fingerprint density at radius 3 is 2.33 bits per heavy atom. The average molecular weight is 306 g/mol. The van der Waals surface area contributed by atoms with Crippen LogP contribution in [0.25, 0.3) is 0 Å². The number of hydrogen-bond acceptors (Lipinski definition) is 2. The highest BCUT2D eigenvalue weighted by Crippen LogP contribution is 2.27. The van der Waals surface area contributed by atoms with Gasteiger partial charge in [0.1, 0.15) is 0 Å². The molecule has 0 aliphatic rings. The van der Waals surface area contributed by atoms with Crippen molar-refractivity contribution in [2.24, 2.45) is 0 Å². The van der Waals surface area contributed by atoms with E-state index in [9.17, 15) is 13.6 Å². The summed E-state index contributed by atoms with van der Waals surface area (Å²) in [6.45, 7) is 3.82. The molecule has 2 aromatic carbocycles. The van der Waals surface area contributed by atoms with Gasteiger partial charge in [-0.25, -0.2) is 8.78 Å². The molecule has 0 radical (unpaired) electrons. The predicted octanol–water partition coefficient (Wildman–Crippen LogP) is 4.89. The number of carbonyl (C=O) groups excluding carboxylic acids is 1. The summed E-state index contributed by atoms with van der Waals surface area (Å²) in [5.74, 6) is -1.80. The standard InChI is InChI=1S/C17H16F2OS/c1-3-12-4-6-13(7-5-12)17(20)11(2)21-14-8-9-15(18)16(19)10-14/h4-11H,3H2,1-2H3. The summed E-state index contributed by atoms with van der Waals surface area (Å²) in [6.07, 6.45) is 0.924. The van der Waals surface area contributed by atoms with Crippen LogP contribution in [0.3, 0.4) is 0 Å². The van der Waals surface area contributed by atoms with Gasteiger partial charge in [-0.15, -0.1) is 11.8 Å². The fourth-order valence-electron chi connectivity index (χ4n) is 1.95. The minimum absolute atomic E-state index is 0.0209. The second kappa shape index (κ2) is 6.85. The van der Waals surface area contributed by atoms with Crippen molar-refractivity contribution in [3.63, 3.8) is 0 Å². The van der Waals surface area contributed by atoms with E-state index in [-0.39, 0.29) is 11.0 Å². The summed E-state index contributed by atoms with van der Waals surface area (Å²) in [6, 6.07) is 11.2. The number of ketones is 1. The van der Waals surface area contributed by atoms with Crippen molar-refractivity contribution < 1.29 is 13.6 Å². The second-order valence-electron chi connectivity index (χ2n) is 4.75. The SMILES string of the molecule is CCc1ccc(C(=O)C(C)Sc2ccc(F)c(F)c2)cc1. The summed E-state index contributed by atoms with van der Waals surface area (Å²) in [5.41, 5.74) is 1.81. The Hall–Kier alpha value is -1.68. The highest BCUT2D eigenvalue weighted by molar-refractivity contribution is 8.00. The molecular weight excluding hydrogens is 290 g/mol. The zero-order chi connectivity index (χ0) is 15.4. The summed E-state index contributed by atoms with van der Waals surface area (Å²) >= 11 is 1.22. The number of thioether (sulfide) groups is 1. The van der Waals surface area contributed by atoms with Crippen LogP contribution in [0.15, 0.2) is 47.4 Å². The molecule has 2 rings (SSSR count). The van der Waals surface area contributed by atoms with Gasteiger partial charge in [0.2, 0.25) is 0 Å². The fourth-order valence-corrected chi connectivity index (χ4v) is 2.92. The Balaban J connectivity index is 2.09. The third-order valence-corrected chi connectivity index (χ3v) is 4.31. The zero-order valence-electron chi connectivity index (χ0n) is 11.9. The summed E-state index contributed by atoms with van der Waals surface area (Å²) in [4.78, 5) is 12.9. The molecule has 1 unspecified atom stereocenters. The minimum atomic E-state index is -0.896. The molecule has 0 aromatic heterocycles. The van der Waals surface area contributed by atoms with Crippen molar-refractivity contribution in [2.75, 3.05) is 0 Å². The lowest BCUT2D eigenvalue weighted by molar-refractivity contribution is 0.0994. The number of hydrogen-bond donors (Lipinski definition) is 0. The smallest absolute Gasteiger partial charge is 0.175 e. The number of rotatable bonds is 5. The first-order valence-electron chi connectivity index (χ1n) is 6.76. The van der Waals surface area contributed by atoms with Crippen LogP contribution in [0, 0.1) is 11.6 Å². The molecule has 0 aliphatic heterocycles. The van der Waals surface area contributed by atoms with E-state index in [1.54, 1.807) is 6.92 Å². The lowest BCUT2D eigenvalue weighted by Gasteiger charge is -2.11. The van der Waals surface area contributed by atoms with Crippen LogP contribution < -0.4 is 0 Å². The Kier molecular flexibility index (Phi) is 5.12. The molecule has 0 aliphatic carbocycles. The van der Waals surface area contributed by atoms with E-state index in [0.717, 1.165) is 18.6 Å². The van der Waals surface area contributed by atoms with Gasteiger partial charge in [0, 0.05) is 10.5 Å². The fraction of sp³-hybridized carbons (Fsp3) is 0.235. The molecule has 4 heteroatoms. The van der Waals surface area contributed by atoms with Crippen molar-refractivity contribution in [2.45, 2.75) is 30.4 Å². The van der Waals surface area contributed by atoms with Crippen LogP contribution in [0.1, 0.15) is 29.8 Å². The first kappa shape index (κ1) is 15.7. The molecule has 1 atom stereocenters. The van der Waals surface area contributed by atoms with Gasteiger partial charge in [-0.2, -0.15) is 0 Å².